The molecule has 49 heavy (non-hydrogen) atoms. The number of halogens is 2. The Morgan fingerprint density at radius 1 is 0.837 bits per heavy atom. The van der Waals surface area contributed by atoms with Crippen LogP contribution in [0.3, 0.4) is 0 Å². The molecule has 1 aliphatic carbocycles. The van der Waals surface area contributed by atoms with Gasteiger partial charge in [0.25, 0.3) is 15.7 Å². The summed E-state index contributed by atoms with van der Waals surface area (Å²) < 4.78 is 29.2. The average molecular weight is 724 g/mol. The number of hydrogen-bond donors (Lipinski definition) is 1. The molecule has 0 bridgehead atoms. The highest BCUT2D eigenvalue weighted by Gasteiger charge is 2.36. The van der Waals surface area contributed by atoms with Crippen LogP contribution in [0.15, 0.2) is 108 Å². The molecule has 2 amide bonds. The summed E-state index contributed by atoms with van der Waals surface area (Å²) in [5, 5.41) is 15.1. The van der Waals surface area contributed by atoms with Crippen molar-refractivity contribution in [2.45, 2.75) is 62.0 Å². The number of rotatable bonds is 13. The Hall–Kier alpha value is -4.45. The van der Waals surface area contributed by atoms with Crippen molar-refractivity contribution in [2.75, 3.05) is 10.8 Å². The fourth-order valence-corrected chi connectivity index (χ4v) is 7.89. The van der Waals surface area contributed by atoms with Gasteiger partial charge in [-0.05, 0) is 54.8 Å². The number of carbonyl (C=O) groups is 2. The van der Waals surface area contributed by atoms with Crippen LogP contribution in [0, 0.1) is 10.1 Å². The van der Waals surface area contributed by atoms with Crippen molar-refractivity contribution >= 4 is 56.4 Å². The molecule has 1 aliphatic rings. The molecule has 13 heteroatoms. The molecule has 0 aromatic heterocycles. The number of amides is 2. The fourth-order valence-electron chi connectivity index (χ4n) is 5.94. The smallest absolute Gasteiger partial charge is 0.269 e. The second-order valence-corrected chi connectivity index (χ2v) is 14.5. The van der Waals surface area contributed by atoms with Gasteiger partial charge in [-0.1, -0.05) is 97.1 Å². The Morgan fingerprint density at radius 3 is 2.02 bits per heavy atom. The van der Waals surface area contributed by atoms with Gasteiger partial charge in [-0.3, -0.25) is 24.0 Å². The van der Waals surface area contributed by atoms with E-state index in [1.165, 1.54) is 41.3 Å². The predicted octanol–water partition coefficient (Wildman–Crippen LogP) is 7.19. The Balaban J connectivity index is 1.59. The Kier molecular flexibility index (Phi) is 11.9. The number of nitro groups is 1. The summed E-state index contributed by atoms with van der Waals surface area (Å²) in [6.45, 7) is -0.911. The van der Waals surface area contributed by atoms with Gasteiger partial charge < -0.3 is 10.2 Å². The molecule has 1 fully saturated rings. The first-order valence-electron chi connectivity index (χ1n) is 15.9. The zero-order valence-electron chi connectivity index (χ0n) is 26.6. The fraction of sp³-hybridized carbons (Fsp3) is 0.278. The van der Waals surface area contributed by atoms with Crippen LogP contribution in [0.5, 0.6) is 0 Å². The first-order valence-corrected chi connectivity index (χ1v) is 18.1. The molecule has 0 aliphatic heterocycles. The number of sulfonamides is 1. The highest BCUT2D eigenvalue weighted by atomic mass is 35.5. The number of nitrogens with one attached hydrogen (secondary N) is 1. The van der Waals surface area contributed by atoms with Crippen LogP contribution in [-0.4, -0.2) is 48.7 Å². The average Bonchev–Trinajstić information content (AvgIpc) is 3.11. The summed E-state index contributed by atoms with van der Waals surface area (Å²) in [6.07, 6.45) is 4.82. The number of anilines is 1. The minimum absolute atomic E-state index is 0.0322. The standard InChI is InChI=1S/C36H36Cl2N4O6S/c37-32-17-10-18-33(38)31(32)24-40(34(23-26-11-4-1-5-12-26)36(44)39-27-13-6-2-7-14-27)35(43)25-41(28-19-21-29(22-20-28)42(45)46)49(47,48)30-15-8-3-9-16-30/h1,3-5,8-12,15-22,27,34H,2,6-7,13-14,23-25H2,(H,39,44)/t34-/m1/s1. The van der Waals surface area contributed by atoms with Crippen molar-refractivity contribution < 1.29 is 22.9 Å². The van der Waals surface area contributed by atoms with Gasteiger partial charge in [0.05, 0.1) is 15.5 Å². The largest absolute Gasteiger partial charge is 0.352 e. The highest BCUT2D eigenvalue weighted by molar-refractivity contribution is 7.92. The molecular weight excluding hydrogens is 687 g/mol. The monoisotopic (exact) mass is 722 g/mol. The lowest BCUT2D eigenvalue weighted by atomic mass is 9.94. The van der Waals surface area contributed by atoms with Crippen molar-refractivity contribution in [1.29, 1.82) is 0 Å². The van der Waals surface area contributed by atoms with Crippen molar-refractivity contribution in [1.82, 2.24) is 10.2 Å². The lowest BCUT2D eigenvalue weighted by Gasteiger charge is -2.35. The van der Waals surface area contributed by atoms with Crippen LogP contribution in [-0.2, 0) is 32.6 Å². The third kappa shape index (κ3) is 8.97. The molecule has 0 saturated heterocycles. The Morgan fingerprint density at radius 2 is 1.43 bits per heavy atom. The number of non-ortho nitro benzene ring substituents is 1. The summed E-state index contributed by atoms with van der Waals surface area (Å²) in [6, 6.07) is 25.5. The van der Waals surface area contributed by atoms with Crippen molar-refractivity contribution in [3.8, 4) is 0 Å². The van der Waals surface area contributed by atoms with Gasteiger partial charge in [-0.25, -0.2) is 8.42 Å². The lowest BCUT2D eigenvalue weighted by molar-refractivity contribution is -0.384. The Bertz CT molecular complexity index is 1850. The summed E-state index contributed by atoms with van der Waals surface area (Å²) in [5.41, 5.74) is 0.975. The number of benzene rings is 4. The summed E-state index contributed by atoms with van der Waals surface area (Å²) in [5.74, 6) is -1.08. The topological polar surface area (TPSA) is 130 Å². The lowest BCUT2D eigenvalue weighted by Crippen LogP contribution is -2.55. The van der Waals surface area contributed by atoms with Gasteiger partial charge in [0, 0.05) is 46.7 Å². The van der Waals surface area contributed by atoms with E-state index in [1.54, 1.807) is 36.4 Å². The number of nitrogens with zero attached hydrogens (tertiary/aromatic N) is 3. The first-order chi connectivity index (χ1) is 23.5. The van der Waals surface area contributed by atoms with E-state index in [2.05, 4.69) is 5.32 Å². The van der Waals surface area contributed by atoms with Gasteiger partial charge >= 0.3 is 0 Å². The van der Waals surface area contributed by atoms with Gasteiger partial charge in [-0.2, -0.15) is 0 Å². The predicted molar refractivity (Wildman–Crippen MR) is 190 cm³/mol. The molecule has 4 aromatic rings. The molecule has 1 N–H and O–H groups in total. The summed E-state index contributed by atoms with van der Waals surface area (Å²) in [4.78, 5) is 40.9. The molecule has 5 rings (SSSR count). The van der Waals surface area contributed by atoms with E-state index in [4.69, 9.17) is 23.2 Å². The zero-order chi connectivity index (χ0) is 35.0. The van der Waals surface area contributed by atoms with E-state index in [-0.39, 0.29) is 51.2 Å². The third-order valence-corrected chi connectivity index (χ3v) is 11.1. The van der Waals surface area contributed by atoms with Crippen LogP contribution >= 0.6 is 23.2 Å². The van der Waals surface area contributed by atoms with Crippen LogP contribution < -0.4 is 9.62 Å². The Labute approximate surface area is 295 Å². The molecule has 0 radical (unpaired) electrons. The third-order valence-electron chi connectivity index (χ3n) is 8.57. The van der Waals surface area contributed by atoms with Gasteiger partial charge in [0.15, 0.2) is 0 Å². The van der Waals surface area contributed by atoms with E-state index in [1.807, 2.05) is 30.3 Å². The van der Waals surface area contributed by atoms with Gasteiger partial charge in [0.1, 0.15) is 12.6 Å². The SMILES string of the molecule is O=C(NC1CCCCC1)[C@@H](Cc1ccccc1)N(Cc1c(Cl)cccc1Cl)C(=O)CN(c1ccc([N+](=O)[O-])cc1)S(=O)(=O)c1ccccc1. The first kappa shape index (κ1) is 35.8. The maximum Gasteiger partial charge on any atom is 0.269 e. The molecule has 10 nitrogen and oxygen atoms in total. The quantitative estimate of drug-likeness (QED) is 0.115. The van der Waals surface area contributed by atoms with Crippen LogP contribution in [0.1, 0.15) is 43.2 Å². The number of nitro benzene ring substituents is 1. The van der Waals surface area contributed by atoms with E-state index in [0.717, 1.165) is 42.0 Å². The molecule has 4 aromatic carbocycles. The molecular formula is C36H36Cl2N4O6S. The summed E-state index contributed by atoms with van der Waals surface area (Å²) in [7, 11) is -4.37. The van der Waals surface area contributed by atoms with Crippen LogP contribution in [0.25, 0.3) is 0 Å². The molecule has 256 valence electrons. The molecule has 1 atom stereocenters. The molecule has 0 unspecified atom stereocenters. The second-order valence-electron chi connectivity index (χ2n) is 11.9. The van der Waals surface area contributed by atoms with E-state index < -0.39 is 33.4 Å². The van der Waals surface area contributed by atoms with E-state index in [0.29, 0.717) is 5.56 Å². The zero-order valence-corrected chi connectivity index (χ0v) is 28.9. The van der Waals surface area contributed by atoms with Crippen molar-refractivity contribution in [3.05, 3.63) is 134 Å². The van der Waals surface area contributed by atoms with Crippen LogP contribution in [0.4, 0.5) is 11.4 Å². The van der Waals surface area contributed by atoms with Gasteiger partial charge in [-0.15, -0.1) is 0 Å². The number of carbonyl (C=O) groups excluding carboxylic acids is 2. The van der Waals surface area contributed by atoms with Crippen LogP contribution in [0.2, 0.25) is 10.0 Å². The van der Waals surface area contributed by atoms with Crippen molar-refractivity contribution in [2.24, 2.45) is 0 Å². The van der Waals surface area contributed by atoms with Gasteiger partial charge in [0.2, 0.25) is 11.8 Å². The highest BCUT2D eigenvalue weighted by Crippen LogP contribution is 2.30. The minimum atomic E-state index is -4.37. The molecule has 0 spiro atoms. The van der Waals surface area contributed by atoms with Crippen molar-refractivity contribution in [3.63, 3.8) is 0 Å². The summed E-state index contributed by atoms with van der Waals surface area (Å²) >= 11 is 13.2. The van der Waals surface area contributed by atoms with E-state index in [9.17, 15) is 28.1 Å². The number of hydrogen-bond acceptors (Lipinski definition) is 6. The molecule has 0 heterocycles. The molecule has 1 saturated carbocycles. The maximum absolute atomic E-state index is 14.7. The normalized spacial score (nSPS) is 14.1. The minimum Gasteiger partial charge on any atom is -0.352 e. The maximum atomic E-state index is 14.7. The second kappa shape index (κ2) is 16.3. The van der Waals surface area contributed by atoms with E-state index >= 15 is 0 Å².